The van der Waals surface area contributed by atoms with Crippen LogP contribution in [0, 0.1) is 10.1 Å². The summed E-state index contributed by atoms with van der Waals surface area (Å²) in [6, 6.07) is 2.48. The number of ether oxygens (including phenoxy) is 3. The van der Waals surface area contributed by atoms with Crippen molar-refractivity contribution in [2.45, 2.75) is 39.4 Å². The molecule has 2 amide bonds. The first-order valence-corrected chi connectivity index (χ1v) is 9.79. The second-order valence-corrected chi connectivity index (χ2v) is 8.01. The number of likely N-dealkylation sites (N-methyl/N-ethyl adjacent to an activating group) is 1. The van der Waals surface area contributed by atoms with E-state index in [1.54, 1.807) is 27.7 Å². The summed E-state index contributed by atoms with van der Waals surface area (Å²) in [5.41, 5.74) is -0.711. The lowest BCUT2D eigenvalue weighted by atomic mass is 10.2. The van der Waals surface area contributed by atoms with Crippen LogP contribution in [0.5, 0.6) is 5.75 Å². The number of morpholine rings is 1. The van der Waals surface area contributed by atoms with E-state index in [4.69, 9.17) is 25.8 Å². The molecule has 0 N–H and O–H groups in total. The summed E-state index contributed by atoms with van der Waals surface area (Å²) in [7, 11) is 1.29. The number of halogens is 1. The van der Waals surface area contributed by atoms with Gasteiger partial charge >= 0.3 is 11.8 Å². The third kappa shape index (κ3) is 5.51. The van der Waals surface area contributed by atoms with Gasteiger partial charge < -0.3 is 24.0 Å². The molecule has 30 heavy (non-hydrogen) atoms. The Morgan fingerprint density at radius 2 is 2.07 bits per heavy atom. The van der Waals surface area contributed by atoms with Gasteiger partial charge in [0.1, 0.15) is 5.60 Å². The Balaban J connectivity index is 2.26. The van der Waals surface area contributed by atoms with Gasteiger partial charge in [-0.15, -0.1) is 0 Å². The molecule has 1 aromatic rings. The Morgan fingerprint density at radius 3 is 2.60 bits per heavy atom. The third-order valence-electron chi connectivity index (χ3n) is 4.31. The summed E-state index contributed by atoms with van der Waals surface area (Å²) in [5, 5.41) is 11.2. The highest BCUT2D eigenvalue weighted by Crippen LogP contribution is 2.38. The zero-order valence-corrected chi connectivity index (χ0v) is 18.4. The van der Waals surface area contributed by atoms with E-state index in [9.17, 15) is 19.7 Å². The smallest absolute Gasteiger partial charge is 0.410 e. The number of carbonyl (C=O) groups is 2. The van der Waals surface area contributed by atoms with Gasteiger partial charge in [-0.3, -0.25) is 14.9 Å². The highest BCUT2D eigenvalue weighted by molar-refractivity contribution is 6.34. The molecule has 2 rings (SSSR count). The normalized spacial score (nSPS) is 16.7. The molecule has 0 aliphatic carbocycles. The first-order valence-electron chi connectivity index (χ1n) is 9.41. The molecule has 0 spiro atoms. The predicted octanol–water partition coefficient (Wildman–Crippen LogP) is 3.25. The minimum atomic E-state index is -0.927. The molecule has 1 aromatic carbocycles. The second kappa shape index (κ2) is 9.48. The van der Waals surface area contributed by atoms with Crippen LogP contribution < -0.4 is 9.64 Å². The maximum absolute atomic E-state index is 13.1. The summed E-state index contributed by atoms with van der Waals surface area (Å²) in [4.78, 5) is 38.8. The Labute approximate surface area is 179 Å². The standard InChI is InChI=1S/C19H26ClN3O7/c1-6-22(13-10-15(28-5)14(23(26)27)9-12(13)20)17(24)16-11-21(7-8-29-16)18(25)30-19(2,3)4/h9-10,16H,6-8,11H2,1-5H3. The van der Waals surface area contributed by atoms with Crippen LogP contribution >= 0.6 is 11.6 Å². The maximum atomic E-state index is 13.1. The number of hydrogen-bond acceptors (Lipinski definition) is 7. The van der Waals surface area contributed by atoms with E-state index in [-0.39, 0.29) is 41.8 Å². The lowest BCUT2D eigenvalue weighted by Gasteiger charge is -2.35. The summed E-state index contributed by atoms with van der Waals surface area (Å²) >= 11 is 6.23. The molecule has 1 heterocycles. The molecule has 1 aliphatic heterocycles. The number of nitro benzene ring substituents is 1. The number of methoxy groups -OCH3 is 1. The average Bonchev–Trinajstić information content (AvgIpc) is 2.67. The molecule has 1 saturated heterocycles. The molecule has 166 valence electrons. The van der Waals surface area contributed by atoms with Crippen molar-refractivity contribution in [2.75, 3.05) is 38.3 Å². The van der Waals surface area contributed by atoms with Crippen LogP contribution in [-0.2, 0) is 14.3 Å². The van der Waals surface area contributed by atoms with Gasteiger partial charge in [-0.2, -0.15) is 0 Å². The highest BCUT2D eigenvalue weighted by Gasteiger charge is 2.35. The number of nitro groups is 1. The topological polar surface area (TPSA) is 111 Å². The van der Waals surface area contributed by atoms with Crippen molar-refractivity contribution in [2.24, 2.45) is 0 Å². The maximum Gasteiger partial charge on any atom is 0.410 e. The number of rotatable bonds is 5. The van der Waals surface area contributed by atoms with E-state index in [1.165, 1.54) is 23.0 Å². The Morgan fingerprint density at radius 1 is 1.40 bits per heavy atom. The first-order chi connectivity index (χ1) is 14.0. The molecule has 0 radical (unpaired) electrons. The first kappa shape index (κ1) is 23.7. The van der Waals surface area contributed by atoms with Gasteiger partial charge in [0.2, 0.25) is 0 Å². The molecule has 0 bridgehead atoms. The second-order valence-electron chi connectivity index (χ2n) is 7.60. The quantitative estimate of drug-likeness (QED) is 0.507. The fourth-order valence-corrected chi connectivity index (χ4v) is 3.21. The van der Waals surface area contributed by atoms with Crippen LogP contribution in [-0.4, -0.2) is 66.9 Å². The summed E-state index contributed by atoms with van der Waals surface area (Å²) in [6.45, 7) is 7.74. The van der Waals surface area contributed by atoms with Gasteiger partial charge in [0.05, 0.1) is 35.9 Å². The van der Waals surface area contributed by atoms with Crippen molar-refractivity contribution in [1.82, 2.24) is 4.90 Å². The average molecular weight is 444 g/mol. The van der Waals surface area contributed by atoms with Crippen molar-refractivity contribution in [3.8, 4) is 5.75 Å². The number of amides is 2. The Kier molecular flexibility index (Phi) is 7.49. The molecule has 0 saturated carbocycles. The zero-order valence-electron chi connectivity index (χ0n) is 17.6. The number of carbonyl (C=O) groups excluding carboxylic acids is 2. The highest BCUT2D eigenvalue weighted by atomic mass is 35.5. The van der Waals surface area contributed by atoms with E-state index < -0.39 is 28.6 Å². The fourth-order valence-electron chi connectivity index (χ4n) is 2.95. The van der Waals surface area contributed by atoms with E-state index in [1.807, 2.05) is 0 Å². The van der Waals surface area contributed by atoms with Gasteiger partial charge in [-0.05, 0) is 27.7 Å². The largest absolute Gasteiger partial charge is 0.490 e. The SMILES string of the molecule is CCN(C(=O)C1CN(C(=O)OC(C)(C)C)CCO1)c1cc(OC)c([N+](=O)[O-])cc1Cl. The lowest BCUT2D eigenvalue weighted by Crippen LogP contribution is -2.53. The van der Waals surface area contributed by atoms with Crippen LogP contribution in [0.15, 0.2) is 12.1 Å². The summed E-state index contributed by atoms with van der Waals surface area (Å²) < 4.78 is 16.0. The minimum absolute atomic E-state index is 0.0198. The van der Waals surface area contributed by atoms with E-state index in [0.717, 1.165) is 6.07 Å². The molecule has 1 unspecified atom stereocenters. The van der Waals surface area contributed by atoms with Gasteiger partial charge in [0, 0.05) is 25.2 Å². The molecule has 0 aromatic heterocycles. The van der Waals surface area contributed by atoms with Crippen LogP contribution in [0.25, 0.3) is 0 Å². The van der Waals surface area contributed by atoms with Crippen molar-refractivity contribution >= 4 is 35.0 Å². The number of nitrogens with zero attached hydrogens (tertiary/aromatic N) is 3. The van der Waals surface area contributed by atoms with Crippen molar-refractivity contribution in [3.63, 3.8) is 0 Å². The van der Waals surface area contributed by atoms with E-state index in [0.29, 0.717) is 6.54 Å². The lowest BCUT2D eigenvalue weighted by molar-refractivity contribution is -0.385. The van der Waals surface area contributed by atoms with Crippen molar-refractivity contribution < 1.29 is 28.7 Å². The fraction of sp³-hybridized carbons (Fsp3) is 0.579. The van der Waals surface area contributed by atoms with Gasteiger partial charge in [-0.1, -0.05) is 11.6 Å². The van der Waals surface area contributed by atoms with E-state index in [2.05, 4.69) is 0 Å². The van der Waals surface area contributed by atoms with Crippen LogP contribution in [0.1, 0.15) is 27.7 Å². The number of anilines is 1. The molecular weight excluding hydrogens is 418 g/mol. The Hall–Kier alpha value is -2.59. The molecule has 11 heteroatoms. The molecule has 1 atom stereocenters. The number of hydrogen-bond donors (Lipinski definition) is 0. The number of benzene rings is 1. The zero-order chi connectivity index (χ0) is 22.6. The summed E-state index contributed by atoms with van der Waals surface area (Å²) in [6.07, 6.45) is -1.45. The third-order valence-corrected chi connectivity index (χ3v) is 4.61. The summed E-state index contributed by atoms with van der Waals surface area (Å²) in [5.74, 6) is -0.450. The van der Waals surface area contributed by atoms with Gasteiger partial charge in [0.15, 0.2) is 11.9 Å². The van der Waals surface area contributed by atoms with Crippen LogP contribution in [0.3, 0.4) is 0 Å². The molecular formula is C19H26ClN3O7. The van der Waals surface area contributed by atoms with Gasteiger partial charge in [0.25, 0.3) is 5.91 Å². The van der Waals surface area contributed by atoms with Crippen LogP contribution in [0.2, 0.25) is 5.02 Å². The van der Waals surface area contributed by atoms with Gasteiger partial charge in [-0.25, -0.2) is 4.79 Å². The monoisotopic (exact) mass is 443 g/mol. The molecule has 1 aliphatic rings. The predicted molar refractivity (Wildman–Crippen MR) is 110 cm³/mol. The van der Waals surface area contributed by atoms with E-state index >= 15 is 0 Å². The minimum Gasteiger partial charge on any atom is -0.490 e. The van der Waals surface area contributed by atoms with Crippen molar-refractivity contribution in [3.05, 3.63) is 27.3 Å². The Bertz CT molecular complexity index is 825. The molecule has 1 fully saturated rings. The molecule has 10 nitrogen and oxygen atoms in total. The van der Waals surface area contributed by atoms with Crippen molar-refractivity contribution in [1.29, 1.82) is 0 Å². The van der Waals surface area contributed by atoms with Crippen LogP contribution in [0.4, 0.5) is 16.2 Å².